The number of carbonyl (C=O) groups is 3. The number of rotatable bonds is 10. The van der Waals surface area contributed by atoms with Crippen LogP contribution in [-0.2, 0) is 20.8 Å². The van der Waals surface area contributed by atoms with Gasteiger partial charge in [0.2, 0.25) is 22.9 Å². The highest BCUT2D eigenvalue weighted by atomic mass is 32.2. The first-order valence-electron chi connectivity index (χ1n) is 10.0. The summed E-state index contributed by atoms with van der Waals surface area (Å²) in [5, 5.41) is 16.5. The average Bonchev–Trinajstić information content (AvgIpc) is 3.25. The molecule has 1 aromatic heterocycles. The van der Waals surface area contributed by atoms with E-state index in [2.05, 4.69) is 26.1 Å². The Kier molecular flexibility index (Phi) is 8.82. The van der Waals surface area contributed by atoms with E-state index in [1.54, 1.807) is 49.6 Å². The number of anilines is 3. The van der Waals surface area contributed by atoms with Gasteiger partial charge in [-0.05, 0) is 42.0 Å². The fourth-order valence-corrected chi connectivity index (χ4v) is 4.39. The molecular formula is C22H23N5O5S2. The van der Waals surface area contributed by atoms with Gasteiger partial charge in [-0.3, -0.25) is 14.4 Å². The SMILES string of the molecule is COc1ccc(CC(=O)Nc2nnc(SCC(=O)Nc3ccc(NC(C)=O)cc3)s2)cc1OC. The number of thioether (sulfide) groups is 1. The maximum Gasteiger partial charge on any atom is 0.234 e. The van der Waals surface area contributed by atoms with Crippen LogP contribution in [0.25, 0.3) is 0 Å². The van der Waals surface area contributed by atoms with E-state index in [0.29, 0.717) is 32.3 Å². The summed E-state index contributed by atoms with van der Waals surface area (Å²) in [6, 6.07) is 12.1. The maximum absolute atomic E-state index is 12.4. The number of hydrogen-bond donors (Lipinski definition) is 3. The van der Waals surface area contributed by atoms with E-state index in [1.165, 1.54) is 37.1 Å². The second-order valence-electron chi connectivity index (χ2n) is 6.88. The van der Waals surface area contributed by atoms with Gasteiger partial charge in [0.1, 0.15) is 0 Å². The molecule has 178 valence electrons. The van der Waals surface area contributed by atoms with Crippen LogP contribution in [0.5, 0.6) is 11.5 Å². The number of hydrogen-bond acceptors (Lipinski definition) is 9. The van der Waals surface area contributed by atoms with Crippen molar-refractivity contribution in [1.82, 2.24) is 10.2 Å². The molecule has 0 atom stereocenters. The quantitative estimate of drug-likeness (QED) is 0.284. The zero-order chi connectivity index (χ0) is 24.5. The van der Waals surface area contributed by atoms with Crippen LogP contribution in [-0.4, -0.2) is 47.9 Å². The Hall–Kier alpha value is -3.64. The molecule has 12 heteroatoms. The Morgan fingerprint density at radius 3 is 2.21 bits per heavy atom. The number of carbonyl (C=O) groups excluding carboxylic acids is 3. The van der Waals surface area contributed by atoms with Crippen LogP contribution in [0.4, 0.5) is 16.5 Å². The molecule has 1 heterocycles. The summed E-state index contributed by atoms with van der Waals surface area (Å²) < 4.78 is 11.0. The van der Waals surface area contributed by atoms with E-state index >= 15 is 0 Å². The van der Waals surface area contributed by atoms with Crippen molar-refractivity contribution in [1.29, 1.82) is 0 Å². The molecule has 0 saturated carbocycles. The zero-order valence-corrected chi connectivity index (χ0v) is 20.3. The number of benzene rings is 2. The number of nitrogens with one attached hydrogen (secondary N) is 3. The molecule has 3 N–H and O–H groups in total. The second-order valence-corrected chi connectivity index (χ2v) is 9.08. The molecule has 0 fully saturated rings. The molecule has 0 bridgehead atoms. The first kappa shape index (κ1) is 25.0. The van der Waals surface area contributed by atoms with Gasteiger partial charge in [0.05, 0.1) is 26.4 Å². The minimum atomic E-state index is -0.250. The monoisotopic (exact) mass is 501 g/mol. The van der Waals surface area contributed by atoms with Crippen LogP contribution in [0.2, 0.25) is 0 Å². The highest BCUT2D eigenvalue weighted by Crippen LogP contribution is 2.28. The number of aromatic nitrogens is 2. The Morgan fingerprint density at radius 1 is 0.882 bits per heavy atom. The lowest BCUT2D eigenvalue weighted by atomic mass is 10.1. The predicted octanol–water partition coefficient (Wildman–Crippen LogP) is 3.43. The van der Waals surface area contributed by atoms with E-state index in [9.17, 15) is 14.4 Å². The summed E-state index contributed by atoms with van der Waals surface area (Å²) >= 11 is 2.40. The highest BCUT2D eigenvalue weighted by Gasteiger charge is 2.13. The Labute approximate surface area is 204 Å². The van der Waals surface area contributed by atoms with E-state index < -0.39 is 0 Å². The molecule has 0 radical (unpaired) electrons. The standard InChI is InChI=1S/C22H23N5O5S2/c1-13(28)23-15-5-7-16(8-6-15)24-20(30)12-33-22-27-26-21(34-22)25-19(29)11-14-4-9-17(31-2)18(10-14)32-3/h4-10H,11-12H2,1-3H3,(H,23,28)(H,24,30)(H,25,26,29). The molecule has 3 rings (SSSR count). The first-order chi connectivity index (χ1) is 16.4. The van der Waals surface area contributed by atoms with Gasteiger partial charge in [-0.1, -0.05) is 29.2 Å². The Morgan fingerprint density at radius 2 is 1.56 bits per heavy atom. The Bertz CT molecular complexity index is 1170. The van der Waals surface area contributed by atoms with Crippen LogP contribution in [0.1, 0.15) is 12.5 Å². The van der Waals surface area contributed by atoms with Gasteiger partial charge in [0.15, 0.2) is 15.8 Å². The normalized spacial score (nSPS) is 10.3. The summed E-state index contributed by atoms with van der Waals surface area (Å²) in [4.78, 5) is 35.6. The highest BCUT2D eigenvalue weighted by molar-refractivity contribution is 8.01. The van der Waals surface area contributed by atoms with Gasteiger partial charge in [-0.2, -0.15) is 0 Å². The van der Waals surface area contributed by atoms with E-state index in [-0.39, 0.29) is 29.9 Å². The molecule has 0 saturated heterocycles. The smallest absolute Gasteiger partial charge is 0.234 e. The molecule has 0 aliphatic rings. The maximum atomic E-state index is 12.4. The zero-order valence-electron chi connectivity index (χ0n) is 18.7. The summed E-state index contributed by atoms with van der Waals surface area (Å²) in [6.45, 7) is 1.43. The van der Waals surface area contributed by atoms with Crippen molar-refractivity contribution in [2.75, 3.05) is 35.9 Å². The third kappa shape index (κ3) is 7.46. The van der Waals surface area contributed by atoms with Gasteiger partial charge < -0.3 is 25.4 Å². The fourth-order valence-electron chi connectivity index (χ4n) is 2.82. The third-order valence-corrected chi connectivity index (χ3v) is 6.25. The van der Waals surface area contributed by atoms with Crippen molar-refractivity contribution in [2.45, 2.75) is 17.7 Å². The van der Waals surface area contributed by atoms with E-state index in [1.807, 2.05) is 0 Å². The molecule has 2 aromatic carbocycles. The van der Waals surface area contributed by atoms with Crippen LogP contribution < -0.4 is 25.4 Å². The first-order valence-corrected chi connectivity index (χ1v) is 11.8. The molecule has 0 spiro atoms. The molecular weight excluding hydrogens is 478 g/mol. The van der Waals surface area contributed by atoms with Crippen LogP contribution >= 0.6 is 23.1 Å². The van der Waals surface area contributed by atoms with Crippen LogP contribution in [0, 0.1) is 0 Å². The molecule has 0 aliphatic carbocycles. The van der Waals surface area contributed by atoms with E-state index in [4.69, 9.17) is 9.47 Å². The lowest BCUT2D eigenvalue weighted by molar-refractivity contribution is -0.116. The van der Waals surface area contributed by atoms with Crippen molar-refractivity contribution < 1.29 is 23.9 Å². The van der Waals surface area contributed by atoms with Gasteiger partial charge >= 0.3 is 0 Å². The average molecular weight is 502 g/mol. The largest absolute Gasteiger partial charge is 0.493 e. The van der Waals surface area contributed by atoms with Crippen molar-refractivity contribution >= 4 is 57.3 Å². The number of amides is 3. The number of ether oxygens (including phenoxy) is 2. The van der Waals surface area contributed by atoms with Gasteiger partial charge in [0.25, 0.3) is 0 Å². The second kappa shape index (κ2) is 12.0. The minimum absolute atomic E-state index is 0.127. The van der Waals surface area contributed by atoms with Gasteiger partial charge in [-0.25, -0.2) is 0 Å². The molecule has 3 aromatic rings. The summed E-state index contributed by atoms with van der Waals surface area (Å²) in [5.74, 6) is 0.628. The van der Waals surface area contributed by atoms with Crippen molar-refractivity contribution in [3.05, 3.63) is 48.0 Å². The third-order valence-electron chi connectivity index (χ3n) is 4.28. The fraction of sp³-hybridized carbons (Fsp3) is 0.227. The van der Waals surface area contributed by atoms with Crippen LogP contribution in [0.15, 0.2) is 46.8 Å². The summed E-state index contributed by atoms with van der Waals surface area (Å²) in [6.07, 6.45) is 0.130. The topological polar surface area (TPSA) is 132 Å². The lowest BCUT2D eigenvalue weighted by Crippen LogP contribution is -2.14. The number of methoxy groups -OCH3 is 2. The van der Waals surface area contributed by atoms with Crippen molar-refractivity contribution in [2.24, 2.45) is 0 Å². The Balaban J connectivity index is 1.46. The minimum Gasteiger partial charge on any atom is -0.493 e. The molecule has 0 unspecified atom stereocenters. The van der Waals surface area contributed by atoms with Gasteiger partial charge in [-0.15, -0.1) is 10.2 Å². The molecule has 3 amide bonds. The van der Waals surface area contributed by atoms with Gasteiger partial charge in [0, 0.05) is 18.3 Å². The number of nitrogens with zero attached hydrogens (tertiary/aromatic N) is 2. The molecule has 10 nitrogen and oxygen atoms in total. The summed E-state index contributed by atoms with van der Waals surface area (Å²) in [5.41, 5.74) is 2.02. The van der Waals surface area contributed by atoms with Crippen LogP contribution in [0.3, 0.4) is 0 Å². The summed E-state index contributed by atoms with van der Waals surface area (Å²) in [7, 11) is 3.08. The van der Waals surface area contributed by atoms with E-state index in [0.717, 1.165) is 5.56 Å². The van der Waals surface area contributed by atoms with Crippen molar-refractivity contribution in [3.63, 3.8) is 0 Å². The predicted molar refractivity (Wildman–Crippen MR) is 132 cm³/mol. The molecule has 34 heavy (non-hydrogen) atoms. The lowest BCUT2D eigenvalue weighted by Gasteiger charge is -2.09. The van der Waals surface area contributed by atoms with Crippen molar-refractivity contribution in [3.8, 4) is 11.5 Å². The molecule has 0 aliphatic heterocycles.